The van der Waals surface area contributed by atoms with Gasteiger partial charge in [0, 0.05) is 37.2 Å². The van der Waals surface area contributed by atoms with Crippen molar-refractivity contribution in [2.24, 2.45) is 0 Å². The van der Waals surface area contributed by atoms with Crippen LogP contribution >= 0.6 is 11.3 Å². The van der Waals surface area contributed by atoms with Gasteiger partial charge in [0.15, 0.2) is 0 Å². The number of benzene rings is 7. The molecule has 222 valence electrons. The summed E-state index contributed by atoms with van der Waals surface area (Å²) in [5.74, 6) is 0. The van der Waals surface area contributed by atoms with E-state index in [1.807, 2.05) is 48.5 Å². The molecule has 0 saturated heterocycles. The minimum atomic E-state index is 0.000784. The van der Waals surface area contributed by atoms with E-state index in [-0.39, 0.29) is 5.43 Å². The first-order chi connectivity index (χ1) is 23.2. The first kappa shape index (κ1) is 27.3. The van der Waals surface area contributed by atoms with E-state index in [1.54, 1.807) is 11.3 Å². The maximum Gasteiger partial charge on any atom is 0.200 e. The van der Waals surface area contributed by atoms with Crippen LogP contribution in [0, 0.1) is 0 Å². The predicted molar refractivity (Wildman–Crippen MR) is 198 cm³/mol. The number of hydrogen-bond acceptors (Lipinski definition) is 4. The molecule has 0 radical (unpaired) electrons. The maximum atomic E-state index is 13.1. The zero-order valence-corrected chi connectivity index (χ0v) is 26.1. The molecule has 0 atom stereocenters. The summed E-state index contributed by atoms with van der Waals surface area (Å²) in [4.78, 5) is 15.4. The van der Waals surface area contributed by atoms with Gasteiger partial charge in [-0.05, 0) is 95.1 Å². The summed E-state index contributed by atoms with van der Waals surface area (Å²) in [6, 6.07) is 56.5. The van der Waals surface area contributed by atoms with Gasteiger partial charge in [-0.25, -0.2) is 0 Å². The van der Waals surface area contributed by atoms with Crippen molar-refractivity contribution >= 4 is 70.5 Å². The number of hydrogen-bond donors (Lipinski definition) is 0. The maximum absolute atomic E-state index is 13.1. The van der Waals surface area contributed by atoms with Gasteiger partial charge in [0.1, 0.15) is 11.2 Å². The molecule has 0 aliphatic rings. The van der Waals surface area contributed by atoms with Crippen molar-refractivity contribution in [3.8, 4) is 22.3 Å². The largest absolute Gasteiger partial charge is 0.456 e. The summed E-state index contributed by atoms with van der Waals surface area (Å²) in [7, 11) is 0. The Morgan fingerprint density at radius 1 is 0.404 bits per heavy atom. The Hall–Kier alpha value is -5.97. The third-order valence-corrected chi connectivity index (χ3v) is 10.0. The van der Waals surface area contributed by atoms with Crippen molar-refractivity contribution in [1.82, 2.24) is 0 Å². The van der Waals surface area contributed by atoms with Gasteiger partial charge < -0.3 is 9.32 Å². The fourth-order valence-corrected chi connectivity index (χ4v) is 7.65. The molecule has 2 heterocycles. The first-order valence-corrected chi connectivity index (χ1v) is 16.4. The summed E-state index contributed by atoms with van der Waals surface area (Å²) < 4.78 is 8.62. The Morgan fingerprint density at radius 3 is 1.81 bits per heavy atom. The second kappa shape index (κ2) is 11.1. The number of nitrogens with zero attached hydrogens (tertiary/aromatic N) is 1. The van der Waals surface area contributed by atoms with E-state index in [0.29, 0.717) is 21.9 Å². The fourth-order valence-electron chi connectivity index (χ4n) is 6.52. The van der Waals surface area contributed by atoms with E-state index in [9.17, 15) is 4.79 Å². The average molecular weight is 622 g/mol. The van der Waals surface area contributed by atoms with Gasteiger partial charge in [-0.3, -0.25) is 4.79 Å². The Bertz CT molecular complexity index is 2640. The van der Waals surface area contributed by atoms with Crippen molar-refractivity contribution in [2.45, 2.75) is 0 Å². The molecule has 2 aromatic heterocycles. The Kier molecular flexibility index (Phi) is 6.47. The highest BCUT2D eigenvalue weighted by Crippen LogP contribution is 2.42. The van der Waals surface area contributed by atoms with E-state index in [4.69, 9.17) is 4.42 Å². The molecule has 0 spiro atoms. The second-order valence-corrected chi connectivity index (χ2v) is 12.8. The van der Waals surface area contributed by atoms with Gasteiger partial charge in [-0.2, -0.15) is 0 Å². The number of rotatable bonds is 5. The summed E-state index contributed by atoms with van der Waals surface area (Å²) in [6.07, 6.45) is 0. The highest BCUT2D eigenvalue weighted by atomic mass is 32.1. The van der Waals surface area contributed by atoms with Crippen molar-refractivity contribution in [1.29, 1.82) is 0 Å². The van der Waals surface area contributed by atoms with E-state index < -0.39 is 0 Å². The lowest BCUT2D eigenvalue weighted by Gasteiger charge is -2.25. The molecule has 3 nitrogen and oxygen atoms in total. The molecule has 0 unspecified atom stereocenters. The van der Waals surface area contributed by atoms with Crippen LogP contribution in [0.2, 0.25) is 0 Å². The van der Waals surface area contributed by atoms with E-state index in [1.165, 1.54) is 31.3 Å². The Balaban J connectivity index is 1.12. The Morgan fingerprint density at radius 2 is 1.00 bits per heavy atom. The number of thiophene rings is 1. The smallest absolute Gasteiger partial charge is 0.200 e. The molecular weight excluding hydrogens is 595 g/mol. The predicted octanol–water partition coefficient (Wildman–Crippen LogP) is 12.1. The molecule has 0 aliphatic carbocycles. The van der Waals surface area contributed by atoms with Crippen LogP contribution in [-0.2, 0) is 0 Å². The number of fused-ring (bicyclic) bond motifs is 5. The molecule has 7 aromatic carbocycles. The third kappa shape index (κ3) is 4.78. The van der Waals surface area contributed by atoms with Crippen LogP contribution in [0.4, 0.5) is 17.1 Å². The molecule has 0 saturated carbocycles. The number of para-hydroxylation sites is 2. The zero-order chi connectivity index (χ0) is 31.3. The van der Waals surface area contributed by atoms with Crippen LogP contribution in [0.5, 0.6) is 0 Å². The van der Waals surface area contributed by atoms with E-state index >= 15 is 0 Å². The van der Waals surface area contributed by atoms with Gasteiger partial charge in [-0.15, -0.1) is 11.3 Å². The van der Waals surface area contributed by atoms with Gasteiger partial charge in [-0.1, -0.05) is 91.0 Å². The standard InChI is InChI=1S/C43H27NO2S/c45-43-36-13-7-8-14-39(36)46-40-25-30(18-23-37(40)43)31-17-22-35-38-27-34(21-24-41(38)47-42(35)26-31)44(32-11-5-2-6-12-32)33-19-15-29(16-20-33)28-9-3-1-4-10-28/h1-27H. The van der Waals surface area contributed by atoms with Crippen molar-refractivity contribution in [3.63, 3.8) is 0 Å². The van der Waals surface area contributed by atoms with Gasteiger partial charge in [0.2, 0.25) is 5.43 Å². The van der Waals surface area contributed by atoms with Crippen LogP contribution in [0.15, 0.2) is 173 Å². The highest BCUT2D eigenvalue weighted by molar-refractivity contribution is 7.25. The summed E-state index contributed by atoms with van der Waals surface area (Å²) in [6.45, 7) is 0. The summed E-state index contributed by atoms with van der Waals surface area (Å²) in [5, 5.41) is 3.66. The molecule has 0 fully saturated rings. The second-order valence-electron chi connectivity index (χ2n) is 11.7. The number of anilines is 3. The van der Waals surface area contributed by atoms with Crippen LogP contribution in [0.1, 0.15) is 0 Å². The molecule has 0 aliphatic heterocycles. The van der Waals surface area contributed by atoms with E-state index in [2.05, 4.69) is 120 Å². The lowest BCUT2D eigenvalue weighted by Crippen LogP contribution is -2.09. The lowest BCUT2D eigenvalue weighted by atomic mass is 10.0. The molecule has 0 bridgehead atoms. The molecule has 0 N–H and O–H groups in total. The molecule has 0 amide bonds. The summed E-state index contributed by atoms with van der Waals surface area (Å²) in [5.41, 5.74) is 9.04. The molecule has 47 heavy (non-hydrogen) atoms. The topological polar surface area (TPSA) is 33.5 Å². The van der Waals surface area contributed by atoms with Crippen molar-refractivity contribution in [2.75, 3.05) is 4.90 Å². The van der Waals surface area contributed by atoms with Crippen LogP contribution in [0.25, 0.3) is 64.4 Å². The van der Waals surface area contributed by atoms with Crippen molar-refractivity contribution < 1.29 is 4.42 Å². The average Bonchev–Trinajstić information content (AvgIpc) is 3.50. The monoisotopic (exact) mass is 621 g/mol. The third-order valence-electron chi connectivity index (χ3n) is 8.87. The minimum absolute atomic E-state index is 0.000784. The molecule has 4 heteroatoms. The quantitative estimate of drug-likeness (QED) is 0.179. The Labute approximate surface area is 275 Å². The first-order valence-electron chi connectivity index (χ1n) is 15.6. The molecular formula is C43H27NO2S. The van der Waals surface area contributed by atoms with Crippen LogP contribution in [0.3, 0.4) is 0 Å². The lowest BCUT2D eigenvalue weighted by molar-refractivity contribution is 0.660. The molecule has 9 rings (SSSR count). The highest BCUT2D eigenvalue weighted by Gasteiger charge is 2.16. The van der Waals surface area contributed by atoms with Gasteiger partial charge in [0.25, 0.3) is 0 Å². The fraction of sp³-hybridized carbons (Fsp3) is 0. The summed E-state index contributed by atoms with van der Waals surface area (Å²) >= 11 is 1.80. The SMILES string of the molecule is O=c1c2ccccc2oc2cc(-c3ccc4c(c3)sc3ccc(N(c5ccccc5)c5ccc(-c6ccccc6)cc5)cc34)ccc12. The molecule has 9 aromatic rings. The van der Waals surface area contributed by atoms with E-state index in [0.717, 1.165) is 28.2 Å². The van der Waals surface area contributed by atoms with Gasteiger partial charge >= 0.3 is 0 Å². The van der Waals surface area contributed by atoms with Crippen molar-refractivity contribution in [3.05, 3.63) is 174 Å². The zero-order valence-electron chi connectivity index (χ0n) is 25.3. The van der Waals surface area contributed by atoms with Crippen LogP contribution in [-0.4, -0.2) is 0 Å². The van der Waals surface area contributed by atoms with Gasteiger partial charge in [0.05, 0.1) is 10.8 Å². The minimum Gasteiger partial charge on any atom is -0.456 e. The van der Waals surface area contributed by atoms with Crippen LogP contribution < -0.4 is 10.3 Å². The normalized spacial score (nSPS) is 11.5.